The second-order valence-electron chi connectivity index (χ2n) is 6.54. The summed E-state index contributed by atoms with van der Waals surface area (Å²) in [5, 5.41) is 4.21. The minimum atomic E-state index is -1.02. The van der Waals surface area contributed by atoms with Crippen molar-refractivity contribution in [3.63, 3.8) is 0 Å². The number of benzene rings is 1. The Hall–Kier alpha value is -2.08. The molecular formula is C21H32O6. The van der Waals surface area contributed by atoms with Crippen molar-refractivity contribution < 1.29 is 29.1 Å². The Labute approximate surface area is 162 Å². The van der Waals surface area contributed by atoms with Crippen molar-refractivity contribution in [3.05, 3.63) is 35.4 Å². The molecule has 0 saturated heterocycles. The normalized spacial score (nSPS) is 10.4. The topological polar surface area (TPSA) is 71.1 Å². The lowest BCUT2D eigenvalue weighted by molar-refractivity contribution is -0.452. The van der Waals surface area contributed by atoms with Crippen LogP contribution in [0.3, 0.4) is 0 Å². The zero-order chi connectivity index (χ0) is 19.7. The van der Waals surface area contributed by atoms with Crippen LogP contribution in [0.15, 0.2) is 24.3 Å². The molecule has 0 spiro atoms. The van der Waals surface area contributed by atoms with Crippen molar-refractivity contribution in [1.82, 2.24) is 0 Å². The molecule has 6 nitrogen and oxygen atoms in total. The first-order chi connectivity index (χ1) is 13.2. The van der Waals surface area contributed by atoms with Crippen molar-refractivity contribution in [3.8, 4) is 0 Å². The molecule has 1 aromatic rings. The molecule has 1 aromatic carbocycles. The SMILES string of the molecule is CCCCCCCCCOC(=O)OOOC(=O)c1ccc(CCCC)cc1. The van der Waals surface area contributed by atoms with Crippen LogP contribution in [0.4, 0.5) is 4.79 Å². The lowest BCUT2D eigenvalue weighted by Gasteiger charge is -2.05. The average molecular weight is 380 g/mol. The molecule has 0 aliphatic heterocycles. The van der Waals surface area contributed by atoms with Gasteiger partial charge in [0.2, 0.25) is 0 Å². The van der Waals surface area contributed by atoms with E-state index >= 15 is 0 Å². The van der Waals surface area contributed by atoms with Crippen LogP contribution in [0.25, 0.3) is 0 Å². The first kappa shape index (κ1) is 23.0. The van der Waals surface area contributed by atoms with Gasteiger partial charge in [0, 0.05) is 0 Å². The van der Waals surface area contributed by atoms with Gasteiger partial charge in [-0.15, -0.1) is 0 Å². The molecule has 0 amide bonds. The van der Waals surface area contributed by atoms with Gasteiger partial charge in [0.15, 0.2) is 0 Å². The van der Waals surface area contributed by atoms with Crippen LogP contribution in [0.5, 0.6) is 0 Å². The highest BCUT2D eigenvalue weighted by molar-refractivity contribution is 5.88. The number of unbranched alkanes of at least 4 members (excludes halogenated alkanes) is 7. The Bertz CT molecular complexity index is 526. The maximum Gasteiger partial charge on any atom is 0.543 e. The summed E-state index contributed by atoms with van der Waals surface area (Å²) in [7, 11) is 0. The lowest BCUT2D eigenvalue weighted by Crippen LogP contribution is -2.12. The Kier molecular flexibility index (Phi) is 12.8. The molecule has 27 heavy (non-hydrogen) atoms. The third kappa shape index (κ3) is 11.3. The maximum atomic E-state index is 11.8. The van der Waals surface area contributed by atoms with Gasteiger partial charge in [0.1, 0.15) is 0 Å². The molecule has 0 aliphatic carbocycles. The fourth-order valence-corrected chi connectivity index (χ4v) is 2.55. The van der Waals surface area contributed by atoms with Gasteiger partial charge >= 0.3 is 12.1 Å². The van der Waals surface area contributed by atoms with Crippen molar-refractivity contribution in [1.29, 1.82) is 0 Å². The molecule has 0 aromatic heterocycles. The molecular weight excluding hydrogens is 348 g/mol. The van der Waals surface area contributed by atoms with Crippen LogP contribution < -0.4 is 0 Å². The van der Waals surface area contributed by atoms with Crippen molar-refractivity contribution in [2.24, 2.45) is 0 Å². The molecule has 6 heteroatoms. The van der Waals surface area contributed by atoms with Gasteiger partial charge in [-0.3, -0.25) is 4.89 Å². The number of hydrogen-bond acceptors (Lipinski definition) is 6. The van der Waals surface area contributed by atoms with Gasteiger partial charge in [0.25, 0.3) is 0 Å². The molecule has 0 fully saturated rings. The molecule has 0 aliphatic rings. The summed E-state index contributed by atoms with van der Waals surface area (Å²) in [5.74, 6) is -0.739. The van der Waals surface area contributed by atoms with E-state index in [0.717, 1.165) is 44.1 Å². The highest BCUT2D eigenvalue weighted by Gasteiger charge is 2.12. The predicted octanol–water partition coefficient (Wildman–Crippen LogP) is 5.94. The number of carbonyl (C=O) groups excluding carboxylic acids is 2. The summed E-state index contributed by atoms with van der Waals surface area (Å²) in [6.45, 7) is 4.56. The summed E-state index contributed by atoms with van der Waals surface area (Å²) >= 11 is 0. The molecule has 1 rings (SSSR count). The number of aryl methyl sites for hydroxylation is 1. The minimum absolute atomic E-state index is 0.253. The minimum Gasteiger partial charge on any atom is -0.432 e. The second kappa shape index (κ2) is 15.0. The second-order valence-corrected chi connectivity index (χ2v) is 6.54. The van der Waals surface area contributed by atoms with Crippen molar-refractivity contribution in [2.45, 2.75) is 78.1 Å². The van der Waals surface area contributed by atoms with Crippen LogP contribution in [-0.2, 0) is 26.0 Å². The monoisotopic (exact) mass is 380 g/mol. The number of ether oxygens (including phenoxy) is 1. The Balaban J connectivity index is 2.08. The molecule has 0 heterocycles. The average Bonchev–Trinajstić information content (AvgIpc) is 2.68. The fraction of sp³-hybridized carbons (Fsp3) is 0.619. The van der Waals surface area contributed by atoms with Crippen LogP contribution in [0.2, 0.25) is 0 Å². The van der Waals surface area contributed by atoms with E-state index in [0.29, 0.717) is 5.56 Å². The van der Waals surface area contributed by atoms with Crippen molar-refractivity contribution >= 4 is 12.1 Å². The fourth-order valence-electron chi connectivity index (χ4n) is 2.55. The van der Waals surface area contributed by atoms with E-state index in [2.05, 4.69) is 28.7 Å². The third-order valence-corrected chi connectivity index (χ3v) is 4.19. The van der Waals surface area contributed by atoms with Gasteiger partial charge in [0.05, 0.1) is 17.2 Å². The number of rotatable bonds is 14. The summed E-state index contributed by atoms with van der Waals surface area (Å²) in [6, 6.07) is 7.03. The third-order valence-electron chi connectivity index (χ3n) is 4.19. The Morgan fingerprint density at radius 1 is 0.778 bits per heavy atom. The van der Waals surface area contributed by atoms with E-state index in [1.165, 1.54) is 25.7 Å². The van der Waals surface area contributed by atoms with E-state index in [1.54, 1.807) is 12.1 Å². The maximum absolute atomic E-state index is 11.8. The van der Waals surface area contributed by atoms with Crippen LogP contribution in [-0.4, -0.2) is 18.7 Å². The van der Waals surface area contributed by atoms with Crippen LogP contribution >= 0.6 is 0 Å². The molecule has 0 radical (unpaired) electrons. The number of carbonyl (C=O) groups is 2. The van der Waals surface area contributed by atoms with Gasteiger partial charge in [-0.05, 0) is 37.0 Å². The van der Waals surface area contributed by atoms with Gasteiger partial charge in [-0.2, -0.15) is 0 Å². The highest BCUT2D eigenvalue weighted by Crippen LogP contribution is 2.10. The first-order valence-electron chi connectivity index (χ1n) is 9.98. The van der Waals surface area contributed by atoms with Crippen LogP contribution in [0.1, 0.15) is 87.6 Å². The van der Waals surface area contributed by atoms with Crippen LogP contribution in [0, 0.1) is 0 Å². The van der Waals surface area contributed by atoms with Gasteiger partial charge in [-0.1, -0.05) is 70.9 Å². The summed E-state index contributed by atoms with van der Waals surface area (Å²) in [5.41, 5.74) is 1.47. The Morgan fingerprint density at radius 3 is 2.07 bits per heavy atom. The standard InChI is InChI=1S/C21H32O6/c1-3-5-7-8-9-10-11-17-24-21(23)26-27-25-20(22)19-15-13-18(14-16-19)12-6-4-2/h13-16H,3-12,17H2,1-2H3. The van der Waals surface area contributed by atoms with Gasteiger partial charge < -0.3 is 4.74 Å². The zero-order valence-corrected chi connectivity index (χ0v) is 16.5. The highest BCUT2D eigenvalue weighted by atomic mass is 17.5. The summed E-state index contributed by atoms with van der Waals surface area (Å²) in [4.78, 5) is 31.8. The van der Waals surface area contributed by atoms with Gasteiger partial charge in [-0.25, -0.2) is 14.5 Å². The summed E-state index contributed by atoms with van der Waals surface area (Å²) < 4.78 is 4.83. The van der Waals surface area contributed by atoms with Crippen molar-refractivity contribution in [2.75, 3.05) is 6.61 Å². The molecule has 0 atom stereocenters. The smallest absolute Gasteiger partial charge is 0.432 e. The Morgan fingerprint density at radius 2 is 1.41 bits per heavy atom. The van der Waals surface area contributed by atoms with E-state index < -0.39 is 12.1 Å². The molecule has 0 bridgehead atoms. The summed E-state index contributed by atoms with van der Waals surface area (Å²) in [6.07, 6.45) is 10.0. The zero-order valence-electron chi connectivity index (χ0n) is 16.5. The van der Waals surface area contributed by atoms with E-state index in [4.69, 9.17) is 4.74 Å². The van der Waals surface area contributed by atoms with E-state index in [1.807, 2.05) is 12.1 Å². The molecule has 0 N–H and O–H groups in total. The van der Waals surface area contributed by atoms with E-state index in [-0.39, 0.29) is 6.61 Å². The quantitative estimate of drug-likeness (QED) is 0.172. The molecule has 0 unspecified atom stereocenters. The molecule has 152 valence electrons. The lowest BCUT2D eigenvalue weighted by atomic mass is 10.1. The largest absolute Gasteiger partial charge is 0.543 e. The molecule has 0 saturated carbocycles. The van der Waals surface area contributed by atoms with E-state index in [9.17, 15) is 9.59 Å². The first-order valence-corrected chi connectivity index (χ1v) is 9.98. The predicted molar refractivity (Wildman–Crippen MR) is 102 cm³/mol. The number of hydrogen-bond donors (Lipinski definition) is 0.